The number of benzene rings is 1. The van der Waals surface area contributed by atoms with Crippen molar-refractivity contribution in [2.75, 3.05) is 27.7 Å². The molecule has 0 amide bonds. The SMILES string of the molecule is CO[C@]1(c2ccccc2)CCCC[C@@H]1CN(C)C.Cl. The number of nitrogens with zero attached hydrogens (tertiary/aromatic N) is 1. The predicted molar refractivity (Wildman–Crippen MR) is 82.9 cm³/mol. The summed E-state index contributed by atoms with van der Waals surface area (Å²) in [7, 11) is 6.18. The van der Waals surface area contributed by atoms with E-state index < -0.39 is 0 Å². The molecule has 19 heavy (non-hydrogen) atoms. The molecule has 108 valence electrons. The summed E-state index contributed by atoms with van der Waals surface area (Å²) in [6.07, 6.45) is 5.01. The van der Waals surface area contributed by atoms with Crippen LogP contribution in [0, 0.1) is 5.92 Å². The van der Waals surface area contributed by atoms with E-state index in [1.165, 1.54) is 24.8 Å². The van der Waals surface area contributed by atoms with Crippen LogP contribution in [0.2, 0.25) is 0 Å². The molecule has 0 heterocycles. The summed E-state index contributed by atoms with van der Waals surface area (Å²) in [6.45, 7) is 1.10. The molecule has 1 saturated carbocycles. The van der Waals surface area contributed by atoms with E-state index in [-0.39, 0.29) is 18.0 Å². The van der Waals surface area contributed by atoms with Crippen molar-refractivity contribution in [2.45, 2.75) is 31.3 Å². The molecule has 0 saturated heterocycles. The van der Waals surface area contributed by atoms with Crippen LogP contribution in [0.15, 0.2) is 30.3 Å². The van der Waals surface area contributed by atoms with E-state index in [0.717, 1.165) is 13.0 Å². The highest BCUT2D eigenvalue weighted by molar-refractivity contribution is 5.85. The number of methoxy groups -OCH3 is 1. The van der Waals surface area contributed by atoms with E-state index in [0.29, 0.717) is 5.92 Å². The molecule has 0 aliphatic heterocycles. The maximum absolute atomic E-state index is 6.05. The van der Waals surface area contributed by atoms with Crippen molar-refractivity contribution in [2.24, 2.45) is 5.92 Å². The first-order valence-corrected chi connectivity index (χ1v) is 6.94. The molecule has 0 unspecified atom stereocenters. The van der Waals surface area contributed by atoms with Gasteiger partial charge < -0.3 is 9.64 Å². The second kappa shape index (κ2) is 7.28. The number of hydrogen-bond donors (Lipinski definition) is 0. The van der Waals surface area contributed by atoms with E-state index in [1.54, 1.807) is 0 Å². The summed E-state index contributed by atoms with van der Waals surface area (Å²) >= 11 is 0. The highest BCUT2D eigenvalue weighted by atomic mass is 35.5. The Morgan fingerprint density at radius 1 is 1.21 bits per heavy atom. The Labute approximate surface area is 123 Å². The molecule has 2 atom stereocenters. The summed E-state index contributed by atoms with van der Waals surface area (Å²) < 4.78 is 6.05. The molecule has 1 fully saturated rings. The molecule has 2 rings (SSSR count). The Morgan fingerprint density at radius 2 is 1.89 bits per heavy atom. The maximum atomic E-state index is 6.05. The quantitative estimate of drug-likeness (QED) is 0.835. The van der Waals surface area contributed by atoms with Crippen LogP contribution in [0.25, 0.3) is 0 Å². The van der Waals surface area contributed by atoms with Gasteiger partial charge in [0, 0.05) is 19.6 Å². The lowest BCUT2D eigenvalue weighted by molar-refractivity contribution is -0.0951. The molecule has 3 heteroatoms. The maximum Gasteiger partial charge on any atom is 0.0967 e. The van der Waals surface area contributed by atoms with Gasteiger partial charge in [-0.25, -0.2) is 0 Å². The van der Waals surface area contributed by atoms with E-state index in [9.17, 15) is 0 Å². The van der Waals surface area contributed by atoms with Gasteiger partial charge in [0.1, 0.15) is 0 Å². The lowest BCUT2D eigenvalue weighted by atomic mass is 9.71. The van der Waals surface area contributed by atoms with E-state index in [1.807, 2.05) is 7.11 Å². The van der Waals surface area contributed by atoms with Gasteiger partial charge in [-0.1, -0.05) is 43.2 Å². The van der Waals surface area contributed by atoms with Crippen LogP contribution in [-0.4, -0.2) is 32.6 Å². The van der Waals surface area contributed by atoms with Gasteiger partial charge in [-0.15, -0.1) is 12.4 Å². The first-order valence-electron chi connectivity index (χ1n) is 6.94. The van der Waals surface area contributed by atoms with Crippen molar-refractivity contribution >= 4 is 12.4 Å². The standard InChI is InChI=1S/C16H25NO.ClH/c1-17(2)13-15-11-7-8-12-16(15,18-3)14-9-5-4-6-10-14;/h4-6,9-10,15H,7-8,11-13H2,1-3H3;1H/t15-,16+;/m1./s1. The lowest BCUT2D eigenvalue weighted by Gasteiger charge is -2.44. The van der Waals surface area contributed by atoms with Gasteiger partial charge in [-0.3, -0.25) is 0 Å². The van der Waals surface area contributed by atoms with Crippen LogP contribution in [0.4, 0.5) is 0 Å². The first kappa shape index (κ1) is 16.5. The zero-order valence-corrected chi connectivity index (χ0v) is 13.1. The van der Waals surface area contributed by atoms with Crippen LogP contribution >= 0.6 is 12.4 Å². The molecular weight excluding hydrogens is 258 g/mol. The van der Waals surface area contributed by atoms with Gasteiger partial charge in [-0.05, 0) is 32.5 Å². The number of halogens is 1. The van der Waals surface area contributed by atoms with Crippen molar-refractivity contribution in [1.82, 2.24) is 4.90 Å². The fourth-order valence-corrected chi connectivity index (χ4v) is 3.38. The van der Waals surface area contributed by atoms with Crippen molar-refractivity contribution < 1.29 is 4.74 Å². The van der Waals surface area contributed by atoms with Gasteiger partial charge in [0.25, 0.3) is 0 Å². The van der Waals surface area contributed by atoms with E-state index in [2.05, 4.69) is 49.3 Å². The summed E-state index contributed by atoms with van der Waals surface area (Å²) in [4.78, 5) is 2.28. The predicted octanol–water partition coefficient (Wildman–Crippen LogP) is 3.70. The summed E-state index contributed by atoms with van der Waals surface area (Å²) in [5, 5.41) is 0. The highest BCUT2D eigenvalue weighted by Crippen LogP contribution is 2.44. The van der Waals surface area contributed by atoms with Crippen molar-refractivity contribution in [3.8, 4) is 0 Å². The van der Waals surface area contributed by atoms with Crippen LogP contribution in [0.3, 0.4) is 0 Å². The minimum atomic E-state index is -0.0796. The third-order valence-corrected chi connectivity index (χ3v) is 4.22. The normalized spacial score (nSPS) is 27.1. The van der Waals surface area contributed by atoms with Crippen LogP contribution < -0.4 is 0 Å². The molecule has 1 aliphatic rings. The van der Waals surface area contributed by atoms with Gasteiger partial charge in [0.2, 0.25) is 0 Å². The lowest BCUT2D eigenvalue weighted by Crippen LogP contribution is -2.44. The summed E-state index contributed by atoms with van der Waals surface area (Å²) in [5.41, 5.74) is 1.27. The Hall–Kier alpha value is -0.570. The van der Waals surface area contributed by atoms with Crippen molar-refractivity contribution in [1.29, 1.82) is 0 Å². The number of ether oxygens (including phenoxy) is 1. The zero-order valence-electron chi connectivity index (χ0n) is 12.3. The Morgan fingerprint density at radius 3 is 2.47 bits per heavy atom. The fraction of sp³-hybridized carbons (Fsp3) is 0.625. The topological polar surface area (TPSA) is 12.5 Å². The molecule has 2 nitrogen and oxygen atoms in total. The molecule has 0 N–H and O–H groups in total. The van der Waals surface area contributed by atoms with Crippen LogP contribution in [0.5, 0.6) is 0 Å². The molecule has 0 aromatic heterocycles. The van der Waals surface area contributed by atoms with Crippen LogP contribution in [-0.2, 0) is 10.3 Å². The molecule has 0 radical (unpaired) electrons. The summed E-state index contributed by atoms with van der Waals surface area (Å²) in [5.74, 6) is 0.591. The molecule has 1 aromatic rings. The van der Waals surface area contributed by atoms with Crippen molar-refractivity contribution in [3.63, 3.8) is 0 Å². The van der Waals surface area contributed by atoms with Gasteiger partial charge in [0.05, 0.1) is 5.60 Å². The molecule has 0 spiro atoms. The molecule has 1 aliphatic carbocycles. The van der Waals surface area contributed by atoms with Gasteiger partial charge in [0.15, 0.2) is 0 Å². The second-order valence-electron chi connectivity index (χ2n) is 5.66. The number of rotatable bonds is 4. The Kier molecular flexibility index (Phi) is 6.31. The van der Waals surface area contributed by atoms with Crippen molar-refractivity contribution in [3.05, 3.63) is 35.9 Å². The smallest absolute Gasteiger partial charge is 0.0967 e. The molecule has 0 bridgehead atoms. The van der Waals surface area contributed by atoms with Gasteiger partial charge in [-0.2, -0.15) is 0 Å². The third kappa shape index (κ3) is 3.50. The van der Waals surface area contributed by atoms with Crippen LogP contribution in [0.1, 0.15) is 31.2 Å². The summed E-state index contributed by atoms with van der Waals surface area (Å²) in [6, 6.07) is 10.8. The van der Waals surface area contributed by atoms with E-state index in [4.69, 9.17) is 4.74 Å². The highest BCUT2D eigenvalue weighted by Gasteiger charge is 2.42. The Bertz CT molecular complexity index is 368. The van der Waals surface area contributed by atoms with Gasteiger partial charge >= 0.3 is 0 Å². The molecular formula is C16H26ClNO. The molecule has 1 aromatic carbocycles. The Balaban J connectivity index is 0.00000180. The first-order chi connectivity index (χ1) is 8.69. The number of hydrogen-bond acceptors (Lipinski definition) is 2. The zero-order chi connectivity index (χ0) is 13.0. The minimum absolute atomic E-state index is 0. The third-order valence-electron chi connectivity index (χ3n) is 4.22. The monoisotopic (exact) mass is 283 g/mol. The minimum Gasteiger partial charge on any atom is -0.373 e. The van der Waals surface area contributed by atoms with E-state index >= 15 is 0 Å². The largest absolute Gasteiger partial charge is 0.373 e. The average Bonchev–Trinajstić information content (AvgIpc) is 2.40. The second-order valence-corrected chi connectivity index (χ2v) is 5.66. The average molecular weight is 284 g/mol. The fourth-order valence-electron chi connectivity index (χ4n) is 3.38.